The van der Waals surface area contributed by atoms with Gasteiger partial charge in [0.15, 0.2) is 5.65 Å². The van der Waals surface area contributed by atoms with Crippen LogP contribution in [0.1, 0.15) is 22.4 Å². The Bertz CT molecular complexity index is 1410. The summed E-state index contributed by atoms with van der Waals surface area (Å²) in [6.07, 6.45) is 2.95. The SMILES string of the molecule is COc1ccc(Cn2c(=O)n3ncnc3c3c4c(sc32)CN(C(=O)C2CCOC2)CC4)cc1. The van der Waals surface area contributed by atoms with E-state index >= 15 is 0 Å². The number of carbonyl (C=O) groups excluding carboxylic acids is 1. The number of carbonyl (C=O) groups is 1. The first kappa shape index (κ1) is 20.4. The minimum atomic E-state index is -0.222. The molecule has 2 aliphatic heterocycles. The van der Waals surface area contributed by atoms with E-state index < -0.39 is 0 Å². The molecule has 4 aromatic rings. The van der Waals surface area contributed by atoms with Gasteiger partial charge in [0, 0.05) is 18.0 Å². The molecule has 0 bridgehead atoms. The van der Waals surface area contributed by atoms with Crippen LogP contribution >= 0.6 is 11.3 Å². The third kappa shape index (κ3) is 3.32. The van der Waals surface area contributed by atoms with Crippen LogP contribution in [0.25, 0.3) is 15.9 Å². The summed E-state index contributed by atoms with van der Waals surface area (Å²) in [6, 6.07) is 7.70. The molecule has 170 valence electrons. The largest absolute Gasteiger partial charge is 0.497 e. The molecule has 0 radical (unpaired) electrons. The van der Waals surface area contributed by atoms with E-state index in [4.69, 9.17) is 9.47 Å². The van der Waals surface area contributed by atoms with Gasteiger partial charge < -0.3 is 14.4 Å². The van der Waals surface area contributed by atoms with Crippen molar-refractivity contribution in [1.29, 1.82) is 0 Å². The van der Waals surface area contributed by atoms with Gasteiger partial charge in [-0.15, -0.1) is 11.3 Å². The average Bonchev–Trinajstić information content (AvgIpc) is 3.60. The summed E-state index contributed by atoms with van der Waals surface area (Å²) in [5.41, 5.74) is 2.52. The van der Waals surface area contributed by atoms with Crippen LogP contribution in [0.3, 0.4) is 0 Å². The highest BCUT2D eigenvalue weighted by molar-refractivity contribution is 7.19. The number of nitrogens with zero attached hydrogens (tertiary/aromatic N) is 5. The van der Waals surface area contributed by atoms with E-state index in [0.717, 1.165) is 39.2 Å². The van der Waals surface area contributed by atoms with E-state index in [1.807, 2.05) is 29.2 Å². The molecule has 6 rings (SSSR count). The molecule has 0 saturated carbocycles. The first-order valence-corrected chi connectivity index (χ1v) is 11.8. The van der Waals surface area contributed by atoms with Crippen LogP contribution in [0.15, 0.2) is 35.4 Å². The highest BCUT2D eigenvalue weighted by atomic mass is 32.1. The van der Waals surface area contributed by atoms with E-state index in [-0.39, 0.29) is 17.5 Å². The van der Waals surface area contributed by atoms with E-state index in [9.17, 15) is 9.59 Å². The second-order valence-electron chi connectivity index (χ2n) is 8.47. The lowest BCUT2D eigenvalue weighted by molar-refractivity contribution is -0.136. The maximum Gasteiger partial charge on any atom is 0.352 e. The fraction of sp³-hybridized carbons (Fsp3) is 0.391. The molecule has 0 N–H and O–H groups in total. The number of amides is 1. The average molecular weight is 466 g/mol. The Morgan fingerprint density at radius 2 is 2.15 bits per heavy atom. The van der Waals surface area contributed by atoms with Gasteiger partial charge in [0.05, 0.1) is 38.1 Å². The molecule has 0 spiro atoms. The Balaban J connectivity index is 1.44. The molecule has 2 aliphatic rings. The third-order valence-corrected chi connectivity index (χ3v) is 7.80. The summed E-state index contributed by atoms with van der Waals surface area (Å²) in [5, 5.41) is 5.17. The Kier molecular flexibility index (Phi) is 4.92. The second-order valence-corrected chi connectivity index (χ2v) is 9.55. The van der Waals surface area contributed by atoms with Crippen molar-refractivity contribution >= 4 is 33.1 Å². The van der Waals surface area contributed by atoms with Crippen molar-refractivity contribution in [2.75, 3.05) is 26.9 Å². The first-order chi connectivity index (χ1) is 16.1. The molecule has 1 amide bonds. The van der Waals surface area contributed by atoms with Crippen molar-refractivity contribution in [2.45, 2.75) is 25.9 Å². The number of hydrogen-bond acceptors (Lipinski definition) is 7. The Labute approximate surface area is 193 Å². The summed E-state index contributed by atoms with van der Waals surface area (Å²) in [4.78, 5) is 34.6. The lowest BCUT2D eigenvalue weighted by atomic mass is 10.0. The molecule has 1 atom stereocenters. The van der Waals surface area contributed by atoms with Crippen LogP contribution in [0.2, 0.25) is 0 Å². The van der Waals surface area contributed by atoms with Gasteiger partial charge in [-0.2, -0.15) is 9.61 Å². The van der Waals surface area contributed by atoms with E-state index in [1.54, 1.807) is 23.0 Å². The predicted molar refractivity (Wildman–Crippen MR) is 123 cm³/mol. The summed E-state index contributed by atoms with van der Waals surface area (Å²) in [7, 11) is 1.63. The molecule has 9 nitrogen and oxygen atoms in total. The summed E-state index contributed by atoms with van der Waals surface area (Å²) in [6.45, 7) is 2.79. The van der Waals surface area contributed by atoms with Crippen LogP contribution in [0.4, 0.5) is 0 Å². The van der Waals surface area contributed by atoms with Crippen molar-refractivity contribution in [2.24, 2.45) is 5.92 Å². The van der Waals surface area contributed by atoms with Gasteiger partial charge >= 0.3 is 5.69 Å². The second kappa shape index (κ2) is 7.96. The van der Waals surface area contributed by atoms with Crippen LogP contribution in [0.5, 0.6) is 5.75 Å². The number of aromatic nitrogens is 4. The highest BCUT2D eigenvalue weighted by Gasteiger charge is 2.32. The van der Waals surface area contributed by atoms with Gasteiger partial charge in [-0.1, -0.05) is 12.1 Å². The number of fused-ring (bicyclic) bond motifs is 5. The number of methoxy groups -OCH3 is 1. The number of rotatable bonds is 4. The Morgan fingerprint density at radius 1 is 1.30 bits per heavy atom. The fourth-order valence-electron chi connectivity index (χ4n) is 4.79. The fourth-order valence-corrected chi connectivity index (χ4v) is 6.14. The van der Waals surface area contributed by atoms with Crippen molar-refractivity contribution in [3.63, 3.8) is 0 Å². The summed E-state index contributed by atoms with van der Waals surface area (Å²) >= 11 is 1.58. The third-order valence-electron chi connectivity index (χ3n) is 6.56. The van der Waals surface area contributed by atoms with Gasteiger partial charge in [0.25, 0.3) is 0 Å². The maximum absolute atomic E-state index is 13.3. The molecule has 1 unspecified atom stereocenters. The molecular weight excluding hydrogens is 442 g/mol. The van der Waals surface area contributed by atoms with Gasteiger partial charge in [0.2, 0.25) is 5.91 Å². The van der Waals surface area contributed by atoms with Gasteiger partial charge in [-0.05, 0) is 36.1 Å². The smallest absolute Gasteiger partial charge is 0.352 e. The van der Waals surface area contributed by atoms with E-state index in [0.29, 0.717) is 38.5 Å². The highest BCUT2D eigenvalue weighted by Crippen LogP contribution is 2.37. The molecule has 33 heavy (non-hydrogen) atoms. The number of ether oxygens (including phenoxy) is 2. The number of hydrogen-bond donors (Lipinski definition) is 0. The molecular formula is C23H23N5O4S. The van der Waals surface area contributed by atoms with Gasteiger partial charge in [-0.25, -0.2) is 9.78 Å². The van der Waals surface area contributed by atoms with Crippen LogP contribution in [-0.4, -0.2) is 56.8 Å². The standard InChI is InChI=1S/C23H23N5O4S/c1-31-16-4-2-14(3-5-16)10-27-22-19(20-24-13-25-28(20)23(27)30)17-6-8-26(11-18(17)33-22)21(29)15-7-9-32-12-15/h2-5,13,15H,6-12H2,1H3. The normalized spacial score (nSPS) is 18.2. The predicted octanol–water partition coefficient (Wildman–Crippen LogP) is 2.08. The quantitative estimate of drug-likeness (QED) is 0.458. The first-order valence-electron chi connectivity index (χ1n) is 11.0. The Hall–Kier alpha value is -3.24. The molecule has 1 aromatic carbocycles. The monoisotopic (exact) mass is 465 g/mol. The van der Waals surface area contributed by atoms with E-state index in [2.05, 4.69) is 10.1 Å². The molecule has 10 heteroatoms. The number of benzene rings is 1. The minimum absolute atomic E-state index is 0.0441. The van der Waals surface area contributed by atoms with Crippen molar-refractivity contribution in [3.8, 4) is 5.75 Å². The zero-order chi connectivity index (χ0) is 22.5. The molecule has 1 fully saturated rings. The van der Waals surface area contributed by atoms with E-state index in [1.165, 1.54) is 16.4 Å². The number of thiophene rings is 1. The van der Waals surface area contributed by atoms with Crippen molar-refractivity contribution < 1.29 is 14.3 Å². The van der Waals surface area contributed by atoms with Crippen LogP contribution < -0.4 is 10.4 Å². The van der Waals surface area contributed by atoms with Gasteiger partial charge in [-0.3, -0.25) is 9.36 Å². The lowest BCUT2D eigenvalue weighted by Gasteiger charge is -2.28. The lowest BCUT2D eigenvalue weighted by Crippen LogP contribution is -2.39. The summed E-state index contributed by atoms with van der Waals surface area (Å²) < 4.78 is 13.8. The van der Waals surface area contributed by atoms with Crippen molar-refractivity contribution in [3.05, 3.63) is 57.1 Å². The molecule has 5 heterocycles. The van der Waals surface area contributed by atoms with Crippen molar-refractivity contribution in [1.82, 2.24) is 24.1 Å². The molecule has 0 aliphatic carbocycles. The van der Waals surface area contributed by atoms with Crippen LogP contribution in [-0.2, 0) is 29.0 Å². The van der Waals surface area contributed by atoms with Gasteiger partial charge in [0.1, 0.15) is 16.9 Å². The zero-order valence-electron chi connectivity index (χ0n) is 18.2. The Morgan fingerprint density at radius 3 is 2.91 bits per heavy atom. The zero-order valence-corrected chi connectivity index (χ0v) is 19.0. The molecule has 3 aromatic heterocycles. The molecule has 1 saturated heterocycles. The minimum Gasteiger partial charge on any atom is -0.497 e. The topological polar surface area (TPSA) is 91.0 Å². The van der Waals surface area contributed by atoms with Crippen LogP contribution in [0, 0.1) is 5.92 Å². The summed E-state index contributed by atoms with van der Waals surface area (Å²) in [5.74, 6) is 0.892. The maximum atomic E-state index is 13.3.